The van der Waals surface area contributed by atoms with Gasteiger partial charge in [-0.2, -0.15) is 0 Å². The van der Waals surface area contributed by atoms with Gasteiger partial charge in [0.05, 0.1) is 18.9 Å². The van der Waals surface area contributed by atoms with Gasteiger partial charge in [0, 0.05) is 12.6 Å². The fourth-order valence-electron chi connectivity index (χ4n) is 1.43. The molecule has 0 saturated carbocycles. The molecule has 1 heterocycles. The summed E-state index contributed by atoms with van der Waals surface area (Å²) in [6, 6.07) is 4.20. The molecule has 0 aliphatic heterocycles. The van der Waals surface area contributed by atoms with Gasteiger partial charge in [0.15, 0.2) is 0 Å². The summed E-state index contributed by atoms with van der Waals surface area (Å²) >= 11 is 0. The first kappa shape index (κ1) is 11.3. The molecule has 0 N–H and O–H groups in total. The number of aryl methyl sites for hydroxylation is 1. The van der Waals surface area contributed by atoms with Crippen molar-refractivity contribution in [1.29, 1.82) is 0 Å². The highest BCUT2D eigenvalue weighted by molar-refractivity contribution is 5.90. The quantitative estimate of drug-likeness (QED) is 0.738. The maximum Gasteiger partial charge on any atom is 0.340 e. The van der Waals surface area contributed by atoms with E-state index in [1.165, 1.54) is 23.9 Å². The van der Waals surface area contributed by atoms with Crippen molar-refractivity contribution in [3.63, 3.8) is 0 Å². The third-order valence-electron chi connectivity index (χ3n) is 2.27. The third-order valence-corrected chi connectivity index (χ3v) is 2.27. The van der Waals surface area contributed by atoms with E-state index >= 15 is 0 Å². The predicted octanol–water partition coefficient (Wildman–Crippen LogP) is 1.41. The lowest BCUT2D eigenvalue weighted by Gasteiger charge is -2.02. The lowest BCUT2D eigenvalue weighted by molar-refractivity contribution is 0.0595. The number of benzene rings is 1. The predicted molar refractivity (Wildman–Crippen MR) is 57.7 cm³/mol. The summed E-state index contributed by atoms with van der Waals surface area (Å²) in [5, 5.41) is 7.60. The molecular weight excluding hydrogens is 225 g/mol. The summed E-state index contributed by atoms with van der Waals surface area (Å²) in [7, 11) is 2.92. The van der Waals surface area contributed by atoms with Gasteiger partial charge in [0.2, 0.25) is 0 Å². The normalized spacial score (nSPS) is 10.3. The Bertz CT molecular complexity index is 566. The molecular formula is C11H10FN3O2. The first-order chi connectivity index (χ1) is 8.11. The highest BCUT2D eigenvalue weighted by Crippen LogP contribution is 2.19. The number of methoxy groups -OCH3 is 1. The van der Waals surface area contributed by atoms with Gasteiger partial charge in [-0.3, -0.25) is 4.68 Å². The van der Waals surface area contributed by atoms with Gasteiger partial charge < -0.3 is 4.74 Å². The molecule has 88 valence electrons. The molecule has 0 amide bonds. The van der Waals surface area contributed by atoms with Crippen LogP contribution in [0, 0.1) is 5.82 Å². The molecule has 0 fully saturated rings. The Morgan fingerprint density at radius 1 is 1.47 bits per heavy atom. The number of nitrogens with zero attached hydrogens (tertiary/aromatic N) is 3. The van der Waals surface area contributed by atoms with E-state index < -0.39 is 11.8 Å². The lowest BCUT2D eigenvalue weighted by Crippen LogP contribution is -2.04. The summed E-state index contributed by atoms with van der Waals surface area (Å²) < 4.78 is 19.6. The monoisotopic (exact) mass is 235 g/mol. The SMILES string of the molecule is COC(=O)c1ccc(-c2cn(C)nn2)cc1F. The van der Waals surface area contributed by atoms with E-state index in [2.05, 4.69) is 15.0 Å². The van der Waals surface area contributed by atoms with E-state index in [0.717, 1.165) is 0 Å². The second-order valence-electron chi connectivity index (χ2n) is 3.46. The van der Waals surface area contributed by atoms with E-state index in [0.29, 0.717) is 11.3 Å². The Hall–Kier alpha value is -2.24. The second kappa shape index (κ2) is 4.32. The summed E-state index contributed by atoms with van der Waals surface area (Å²) in [6.07, 6.45) is 1.66. The Morgan fingerprint density at radius 3 is 2.76 bits per heavy atom. The van der Waals surface area contributed by atoms with Gasteiger partial charge >= 0.3 is 5.97 Å². The zero-order valence-electron chi connectivity index (χ0n) is 9.35. The lowest BCUT2D eigenvalue weighted by atomic mass is 10.1. The average Bonchev–Trinajstić information content (AvgIpc) is 2.75. The molecule has 0 unspecified atom stereocenters. The Kier molecular flexibility index (Phi) is 2.86. The molecule has 5 nitrogen and oxygen atoms in total. The Morgan fingerprint density at radius 2 is 2.24 bits per heavy atom. The minimum absolute atomic E-state index is 0.0971. The zero-order valence-corrected chi connectivity index (χ0v) is 9.35. The molecule has 0 saturated heterocycles. The van der Waals surface area contributed by atoms with Crippen LogP contribution in [0.15, 0.2) is 24.4 Å². The van der Waals surface area contributed by atoms with E-state index in [-0.39, 0.29) is 5.56 Å². The molecule has 17 heavy (non-hydrogen) atoms. The van der Waals surface area contributed by atoms with Crippen LogP contribution in [0.3, 0.4) is 0 Å². The Balaban J connectivity index is 2.40. The average molecular weight is 235 g/mol. The van der Waals surface area contributed by atoms with Crippen LogP contribution in [0.25, 0.3) is 11.3 Å². The highest BCUT2D eigenvalue weighted by atomic mass is 19.1. The van der Waals surface area contributed by atoms with Crippen molar-refractivity contribution >= 4 is 5.97 Å². The summed E-state index contributed by atoms with van der Waals surface area (Å²) in [5.41, 5.74) is 1.01. The number of carbonyl (C=O) groups excluding carboxylic acids is 1. The summed E-state index contributed by atoms with van der Waals surface area (Å²) in [6.45, 7) is 0. The van der Waals surface area contributed by atoms with Crippen molar-refractivity contribution in [3.05, 3.63) is 35.8 Å². The van der Waals surface area contributed by atoms with Crippen LogP contribution in [0.4, 0.5) is 4.39 Å². The molecule has 1 aromatic heterocycles. The standard InChI is InChI=1S/C11H10FN3O2/c1-15-6-10(13-14-15)7-3-4-8(9(12)5-7)11(16)17-2/h3-6H,1-2H3. The highest BCUT2D eigenvalue weighted by Gasteiger charge is 2.13. The molecule has 0 atom stereocenters. The molecule has 0 bridgehead atoms. The summed E-state index contributed by atoms with van der Waals surface area (Å²) in [4.78, 5) is 11.2. The summed E-state index contributed by atoms with van der Waals surface area (Å²) in [5.74, 6) is -1.34. The van der Waals surface area contributed by atoms with Crippen molar-refractivity contribution in [2.45, 2.75) is 0 Å². The van der Waals surface area contributed by atoms with Crippen molar-refractivity contribution in [2.75, 3.05) is 7.11 Å². The number of carbonyl (C=O) groups is 1. The maximum absolute atomic E-state index is 13.6. The first-order valence-electron chi connectivity index (χ1n) is 4.86. The van der Waals surface area contributed by atoms with Gasteiger partial charge in [-0.25, -0.2) is 9.18 Å². The van der Waals surface area contributed by atoms with Gasteiger partial charge in [-0.15, -0.1) is 5.10 Å². The molecule has 0 aliphatic rings. The van der Waals surface area contributed by atoms with Crippen LogP contribution in [-0.4, -0.2) is 28.1 Å². The van der Waals surface area contributed by atoms with Crippen LogP contribution < -0.4 is 0 Å². The number of hydrogen-bond acceptors (Lipinski definition) is 4. The van der Waals surface area contributed by atoms with Gasteiger partial charge in [0.25, 0.3) is 0 Å². The number of esters is 1. The van der Waals surface area contributed by atoms with Crippen LogP contribution in [0.2, 0.25) is 0 Å². The molecule has 1 aromatic carbocycles. The van der Waals surface area contributed by atoms with Gasteiger partial charge in [0.1, 0.15) is 11.5 Å². The van der Waals surface area contributed by atoms with Crippen molar-refractivity contribution in [3.8, 4) is 11.3 Å². The molecule has 2 aromatic rings. The smallest absolute Gasteiger partial charge is 0.340 e. The molecule has 0 aliphatic carbocycles. The third kappa shape index (κ3) is 2.15. The van der Waals surface area contributed by atoms with E-state index in [9.17, 15) is 9.18 Å². The molecule has 0 radical (unpaired) electrons. The minimum Gasteiger partial charge on any atom is -0.465 e. The topological polar surface area (TPSA) is 57.0 Å². The fraction of sp³-hybridized carbons (Fsp3) is 0.182. The zero-order chi connectivity index (χ0) is 12.4. The van der Waals surface area contributed by atoms with Crippen LogP contribution in [-0.2, 0) is 11.8 Å². The van der Waals surface area contributed by atoms with Gasteiger partial charge in [-0.1, -0.05) is 11.3 Å². The maximum atomic E-state index is 13.6. The van der Waals surface area contributed by atoms with Crippen molar-refractivity contribution in [2.24, 2.45) is 7.05 Å². The van der Waals surface area contributed by atoms with Crippen molar-refractivity contribution in [1.82, 2.24) is 15.0 Å². The number of ether oxygens (including phenoxy) is 1. The number of rotatable bonds is 2. The van der Waals surface area contributed by atoms with Crippen LogP contribution in [0.1, 0.15) is 10.4 Å². The largest absolute Gasteiger partial charge is 0.465 e. The van der Waals surface area contributed by atoms with E-state index in [1.54, 1.807) is 19.3 Å². The van der Waals surface area contributed by atoms with Crippen LogP contribution >= 0.6 is 0 Å². The number of halogens is 1. The molecule has 6 heteroatoms. The van der Waals surface area contributed by atoms with Crippen molar-refractivity contribution < 1.29 is 13.9 Å². The van der Waals surface area contributed by atoms with Crippen LogP contribution in [0.5, 0.6) is 0 Å². The Labute approximate surface area is 96.8 Å². The van der Waals surface area contributed by atoms with E-state index in [1.807, 2.05) is 0 Å². The number of aromatic nitrogens is 3. The molecule has 2 rings (SSSR count). The fourth-order valence-corrected chi connectivity index (χ4v) is 1.43. The second-order valence-corrected chi connectivity index (χ2v) is 3.46. The number of hydrogen-bond donors (Lipinski definition) is 0. The van der Waals surface area contributed by atoms with Gasteiger partial charge in [-0.05, 0) is 12.1 Å². The molecule has 0 spiro atoms. The van der Waals surface area contributed by atoms with E-state index in [4.69, 9.17) is 0 Å². The minimum atomic E-state index is -0.701. The first-order valence-corrected chi connectivity index (χ1v) is 4.86.